The summed E-state index contributed by atoms with van der Waals surface area (Å²) in [5.74, 6) is 4.78. The summed E-state index contributed by atoms with van der Waals surface area (Å²) >= 11 is 4.46. The third-order valence-electron chi connectivity index (χ3n) is 3.80. The summed E-state index contributed by atoms with van der Waals surface area (Å²) in [7, 11) is 0. The molecule has 0 radical (unpaired) electrons. The lowest BCUT2D eigenvalue weighted by atomic mass is 10.0. The Morgan fingerprint density at radius 2 is 1.42 bits per heavy atom. The topological polar surface area (TPSA) is 12.4 Å². The fourth-order valence-electron chi connectivity index (χ4n) is 2.43. The standard InChI is InChI=1S/C22H13F2NS/c1-15-2-8-18(9-3-15)19-10-6-16(12-20(19)23)4-5-17-7-11-22(25-14-26)21(24)13-17/h2-3,6-13H,1H3. The largest absolute Gasteiger partial charge is 0.206 e. The van der Waals surface area contributed by atoms with Gasteiger partial charge >= 0.3 is 0 Å². The van der Waals surface area contributed by atoms with E-state index in [2.05, 4.69) is 34.2 Å². The number of hydrogen-bond acceptors (Lipinski definition) is 2. The first-order valence-electron chi connectivity index (χ1n) is 7.83. The van der Waals surface area contributed by atoms with Crippen molar-refractivity contribution < 1.29 is 8.78 Å². The quantitative estimate of drug-likeness (QED) is 0.306. The molecule has 0 saturated heterocycles. The van der Waals surface area contributed by atoms with E-state index in [4.69, 9.17) is 0 Å². The predicted molar refractivity (Wildman–Crippen MR) is 104 cm³/mol. The van der Waals surface area contributed by atoms with E-state index in [9.17, 15) is 8.78 Å². The normalized spacial score (nSPS) is 9.81. The molecule has 0 fully saturated rings. The van der Waals surface area contributed by atoms with Gasteiger partial charge in [-0.2, -0.15) is 4.99 Å². The molecule has 0 heterocycles. The zero-order valence-electron chi connectivity index (χ0n) is 13.9. The van der Waals surface area contributed by atoms with Crippen molar-refractivity contribution >= 4 is 23.1 Å². The second-order valence-corrected chi connectivity index (χ2v) is 5.86. The second-order valence-electron chi connectivity index (χ2n) is 5.68. The lowest BCUT2D eigenvalue weighted by molar-refractivity contribution is 0.629. The zero-order valence-corrected chi connectivity index (χ0v) is 14.7. The Labute approximate surface area is 156 Å². The second kappa shape index (κ2) is 7.84. The Bertz CT molecular complexity index is 1070. The number of hydrogen-bond donors (Lipinski definition) is 0. The van der Waals surface area contributed by atoms with Gasteiger partial charge in [0.05, 0.1) is 5.16 Å². The summed E-state index contributed by atoms with van der Waals surface area (Å²) in [4.78, 5) is 3.61. The van der Waals surface area contributed by atoms with Gasteiger partial charge in [-0.3, -0.25) is 0 Å². The van der Waals surface area contributed by atoms with Gasteiger partial charge in [-0.1, -0.05) is 47.7 Å². The maximum Gasteiger partial charge on any atom is 0.150 e. The highest BCUT2D eigenvalue weighted by Gasteiger charge is 2.05. The molecule has 0 amide bonds. The van der Waals surface area contributed by atoms with Gasteiger partial charge in [0.2, 0.25) is 0 Å². The molecule has 0 aromatic heterocycles. The average molecular weight is 361 g/mol. The van der Waals surface area contributed by atoms with E-state index in [1.807, 2.05) is 31.2 Å². The molecule has 0 saturated carbocycles. The first-order chi connectivity index (χ1) is 12.6. The first-order valence-corrected chi connectivity index (χ1v) is 8.23. The Hall–Kier alpha value is -3.12. The molecule has 0 aliphatic carbocycles. The number of isothiocyanates is 1. The van der Waals surface area contributed by atoms with Gasteiger partial charge in [-0.05, 0) is 55.0 Å². The molecule has 126 valence electrons. The highest BCUT2D eigenvalue weighted by molar-refractivity contribution is 7.78. The smallest absolute Gasteiger partial charge is 0.150 e. The van der Waals surface area contributed by atoms with Crippen molar-refractivity contribution in [2.24, 2.45) is 4.99 Å². The number of benzene rings is 3. The number of aryl methyl sites for hydroxylation is 1. The Morgan fingerprint density at radius 1 is 0.808 bits per heavy atom. The highest BCUT2D eigenvalue weighted by atomic mass is 32.1. The monoisotopic (exact) mass is 361 g/mol. The van der Waals surface area contributed by atoms with Gasteiger partial charge < -0.3 is 0 Å². The number of halogens is 2. The third kappa shape index (κ3) is 4.10. The number of rotatable bonds is 2. The van der Waals surface area contributed by atoms with Crippen molar-refractivity contribution in [2.45, 2.75) is 6.92 Å². The molecule has 3 rings (SSSR count). The lowest BCUT2D eigenvalue weighted by Crippen LogP contribution is -1.87. The minimum atomic E-state index is -0.532. The molecule has 3 aromatic rings. The molecule has 26 heavy (non-hydrogen) atoms. The molecule has 0 N–H and O–H groups in total. The summed E-state index contributed by atoms with van der Waals surface area (Å²) in [5, 5.41) is 2.12. The SMILES string of the molecule is Cc1ccc(-c2ccc(C#Cc3ccc(N=C=S)c(F)c3)cc2F)cc1. The van der Waals surface area contributed by atoms with E-state index in [1.54, 1.807) is 18.2 Å². The van der Waals surface area contributed by atoms with Crippen LogP contribution in [0.1, 0.15) is 16.7 Å². The predicted octanol–water partition coefficient (Wildman–Crippen LogP) is 6.07. The number of nitrogens with zero attached hydrogens (tertiary/aromatic N) is 1. The summed E-state index contributed by atoms with van der Waals surface area (Å²) in [6.07, 6.45) is 0. The molecule has 0 aliphatic rings. The molecule has 0 bridgehead atoms. The molecular weight excluding hydrogens is 348 g/mol. The summed E-state index contributed by atoms with van der Waals surface area (Å²) < 4.78 is 28.2. The van der Waals surface area contributed by atoms with Crippen molar-refractivity contribution in [2.75, 3.05) is 0 Å². The molecule has 0 aliphatic heterocycles. The van der Waals surface area contributed by atoms with E-state index in [0.717, 1.165) is 11.1 Å². The van der Waals surface area contributed by atoms with Gasteiger partial charge in [0, 0.05) is 16.7 Å². The summed E-state index contributed by atoms with van der Waals surface area (Å²) in [6, 6.07) is 16.8. The number of thiocarbonyl (C=S) groups is 1. The van der Waals surface area contributed by atoms with Crippen LogP contribution in [0.5, 0.6) is 0 Å². The Balaban J connectivity index is 1.87. The average Bonchev–Trinajstić information content (AvgIpc) is 2.63. The van der Waals surface area contributed by atoms with Gasteiger partial charge in [0.25, 0.3) is 0 Å². The van der Waals surface area contributed by atoms with Crippen LogP contribution in [0.25, 0.3) is 11.1 Å². The Morgan fingerprint density at radius 3 is 2.00 bits per heavy atom. The van der Waals surface area contributed by atoms with E-state index >= 15 is 0 Å². The van der Waals surface area contributed by atoms with Crippen molar-refractivity contribution in [3.63, 3.8) is 0 Å². The van der Waals surface area contributed by atoms with E-state index < -0.39 is 5.82 Å². The van der Waals surface area contributed by atoms with E-state index in [0.29, 0.717) is 16.7 Å². The molecule has 1 nitrogen and oxygen atoms in total. The van der Waals surface area contributed by atoms with Crippen LogP contribution in [0.4, 0.5) is 14.5 Å². The zero-order chi connectivity index (χ0) is 18.5. The van der Waals surface area contributed by atoms with Crippen molar-refractivity contribution in [3.8, 4) is 23.0 Å². The van der Waals surface area contributed by atoms with Crippen molar-refractivity contribution in [1.82, 2.24) is 0 Å². The fourth-order valence-corrected chi connectivity index (χ4v) is 2.53. The van der Waals surface area contributed by atoms with Crippen LogP contribution in [0, 0.1) is 30.4 Å². The van der Waals surface area contributed by atoms with Crippen LogP contribution in [-0.2, 0) is 0 Å². The minimum absolute atomic E-state index is 0.110. The van der Waals surface area contributed by atoms with E-state index in [-0.39, 0.29) is 11.5 Å². The van der Waals surface area contributed by atoms with Crippen LogP contribution >= 0.6 is 12.2 Å². The molecule has 0 unspecified atom stereocenters. The minimum Gasteiger partial charge on any atom is -0.206 e. The Kier molecular flexibility index (Phi) is 5.34. The van der Waals surface area contributed by atoms with Crippen LogP contribution in [0.3, 0.4) is 0 Å². The van der Waals surface area contributed by atoms with Gasteiger partial charge in [-0.15, -0.1) is 0 Å². The maximum absolute atomic E-state index is 14.4. The fraction of sp³-hybridized carbons (Fsp3) is 0.0455. The summed E-state index contributed by atoms with van der Waals surface area (Å²) in [5.41, 5.74) is 3.53. The van der Waals surface area contributed by atoms with Crippen molar-refractivity contribution in [1.29, 1.82) is 0 Å². The third-order valence-corrected chi connectivity index (χ3v) is 3.89. The van der Waals surface area contributed by atoms with Crippen LogP contribution in [-0.4, -0.2) is 5.16 Å². The van der Waals surface area contributed by atoms with Crippen molar-refractivity contribution in [3.05, 3.63) is 89.0 Å². The number of aliphatic imine (C=N–C) groups is 1. The first kappa shape index (κ1) is 17.7. The molecule has 0 atom stereocenters. The molecule has 0 spiro atoms. The van der Waals surface area contributed by atoms with Gasteiger partial charge in [0.1, 0.15) is 11.5 Å². The molecular formula is C22H13F2NS. The molecule has 4 heteroatoms. The van der Waals surface area contributed by atoms with Gasteiger partial charge in [0.15, 0.2) is 5.82 Å². The van der Waals surface area contributed by atoms with E-state index in [1.165, 1.54) is 18.2 Å². The summed E-state index contributed by atoms with van der Waals surface area (Å²) in [6.45, 7) is 1.98. The molecule has 3 aromatic carbocycles. The van der Waals surface area contributed by atoms with Crippen LogP contribution < -0.4 is 0 Å². The highest BCUT2D eigenvalue weighted by Crippen LogP contribution is 2.24. The van der Waals surface area contributed by atoms with Gasteiger partial charge in [-0.25, -0.2) is 8.78 Å². The lowest BCUT2D eigenvalue weighted by Gasteiger charge is -2.04. The van der Waals surface area contributed by atoms with Crippen LogP contribution in [0.15, 0.2) is 65.7 Å². The van der Waals surface area contributed by atoms with Crippen LogP contribution in [0.2, 0.25) is 0 Å². The maximum atomic E-state index is 14.4.